The van der Waals surface area contributed by atoms with Crippen molar-refractivity contribution in [3.05, 3.63) is 0 Å². The van der Waals surface area contributed by atoms with Gasteiger partial charge >= 0.3 is 0 Å². The molecule has 3 nitrogen and oxygen atoms in total. The first-order valence-electron chi connectivity index (χ1n) is 10.4. The van der Waals surface area contributed by atoms with Gasteiger partial charge in [-0.05, 0) is 12.6 Å². The Morgan fingerprint density at radius 3 is 1.38 bits per heavy atom. The number of carbonyl (C=O) groups is 1. The van der Waals surface area contributed by atoms with Gasteiger partial charge < -0.3 is 10.6 Å². The van der Waals surface area contributed by atoms with Crippen molar-refractivity contribution in [2.45, 2.75) is 110 Å². The van der Waals surface area contributed by atoms with Crippen molar-refractivity contribution in [3.8, 4) is 0 Å². The lowest BCUT2D eigenvalue weighted by Gasteiger charge is -2.07. The summed E-state index contributed by atoms with van der Waals surface area (Å²) in [5.74, 6) is 0. The molecular weight excluding hydrogens is 317 g/mol. The van der Waals surface area contributed by atoms with Crippen LogP contribution in [0.15, 0.2) is 0 Å². The number of unbranched alkanes of at least 4 members (excludes halogenated alkanes) is 15. The summed E-state index contributed by atoms with van der Waals surface area (Å²) < 4.78 is 0. The van der Waals surface area contributed by atoms with Gasteiger partial charge in [-0.15, -0.1) is 0 Å². The zero-order valence-electron chi connectivity index (χ0n) is 16.1. The number of nitrogens with two attached hydrogens (primary N) is 1. The predicted molar refractivity (Wildman–Crippen MR) is 108 cm³/mol. The highest BCUT2D eigenvalue weighted by molar-refractivity contribution is 7.69. The molecule has 4 heteroatoms. The lowest BCUT2D eigenvalue weighted by atomic mass is 10.0. The normalized spacial score (nSPS) is 12.5. The molecule has 0 saturated carbocycles. The zero-order valence-corrected chi connectivity index (χ0v) is 17.0. The highest BCUT2D eigenvalue weighted by Crippen LogP contribution is 2.31. The number of hydrogen-bond donors (Lipinski definition) is 2. The van der Waals surface area contributed by atoms with Gasteiger partial charge in [-0.3, -0.25) is 4.79 Å². The lowest BCUT2D eigenvalue weighted by Crippen LogP contribution is -2.12. The second-order valence-electron chi connectivity index (χ2n) is 7.02. The number of rotatable bonds is 19. The molecule has 0 amide bonds. The third-order valence-electron chi connectivity index (χ3n) is 4.69. The van der Waals surface area contributed by atoms with Gasteiger partial charge in [0.15, 0.2) is 5.52 Å². The van der Waals surface area contributed by atoms with Crippen LogP contribution in [0.3, 0.4) is 0 Å². The highest BCUT2D eigenvalue weighted by atomic mass is 31.1. The Bertz CT molecular complexity index is 274. The van der Waals surface area contributed by atoms with Crippen LogP contribution in [-0.2, 0) is 4.79 Å². The van der Waals surface area contributed by atoms with E-state index in [0.29, 0.717) is 6.16 Å². The quantitative estimate of drug-likeness (QED) is 0.216. The largest absolute Gasteiger partial charge is 0.366 e. The average Bonchev–Trinajstić information content (AvgIpc) is 2.60. The second-order valence-corrected chi connectivity index (χ2v) is 8.77. The van der Waals surface area contributed by atoms with Crippen molar-refractivity contribution in [2.24, 2.45) is 5.73 Å². The average molecular weight is 360 g/mol. The smallest absolute Gasteiger partial charge is 0.194 e. The summed E-state index contributed by atoms with van der Waals surface area (Å²) in [5.41, 5.74) is 5.08. The van der Waals surface area contributed by atoms with Crippen molar-refractivity contribution < 1.29 is 9.69 Å². The topological polar surface area (TPSA) is 63.3 Å². The summed E-state index contributed by atoms with van der Waals surface area (Å²) in [6.07, 6.45) is 22.1. The van der Waals surface area contributed by atoms with Crippen LogP contribution in [-0.4, -0.2) is 23.1 Å². The maximum Gasteiger partial charge on any atom is 0.194 e. The molecule has 0 aliphatic heterocycles. The van der Waals surface area contributed by atoms with Gasteiger partial charge in [0.25, 0.3) is 0 Å². The first-order valence-corrected chi connectivity index (χ1v) is 11.9. The predicted octanol–water partition coefficient (Wildman–Crippen LogP) is 6.12. The SMILES string of the molecule is CCCCCCCCCCCCCCCCCCP(O)C(=O)CN. The molecule has 0 aromatic heterocycles. The maximum absolute atomic E-state index is 11.2. The number of hydrogen-bond acceptors (Lipinski definition) is 3. The van der Waals surface area contributed by atoms with Crippen LogP contribution < -0.4 is 5.73 Å². The maximum atomic E-state index is 11.2. The van der Waals surface area contributed by atoms with Gasteiger partial charge in [-0.1, -0.05) is 103 Å². The van der Waals surface area contributed by atoms with Gasteiger partial charge in [0.05, 0.1) is 14.7 Å². The molecule has 0 bridgehead atoms. The summed E-state index contributed by atoms with van der Waals surface area (Å²) in [6, 6.07) is 0. The molecule has 144 valence electrons. The highest BCUT2D eigenvalue weighted by Gasteiger charge is 2.12. The van der Waals surface area contributed by atoms with E-state index in [4.69, 9.17) is 5.73 Å². The molecule has 0 aromatic rings. The van der Waals surface area contributed by atoms with Crippen LogP contribution in [0, 0.1) is 0 Å². The first kappa shape index (κ1) is 24.0. The van der Waals surface area contributed by atoms with E-state index in [-0.39, 0.29) is 12.1 Å². The molecule has 0 aliphatic rings. The van der Waals surface area contributed by atoms with Crippen LogP contribution in [0.1, 0.15) is 110 Å². The van der Waals surface area contributed by atoms with E-state index in [0.717, 1.165) is 12.8 Å². The van der Waals surface area contributed by atoms with Gasteiger partial charge in [-0.2, -0.15) is 0 Å². The molecule has 0 spiro atoms. The summed E-state index contributed by atoms with van der Waals surface area (Å²) in [6.45, 7) is 2.26. The minimum absolute atomic E-state index is 0.0128. The van der Waals surface area contributed by atoms with Crippen molar-refractivity contribution in [1.82, 2.24) is 0 Å². The van der Waals surface area contributed by atoms with E-state index in [1.165, 1.54) is 89.9 Å². The van der Waals surface area contributed by atoms with Gasteiger partial charge in [0.1, 0.15) is 0 Å². The molecule has 0 aromatic carbocycles. The summed E-state index contributed by atoms with van der Waals surface area (Å²) in [5, 5.41) is 0. The molecule has 3 N–H and O–H groups in total. The molecule has 1 atom stereocenters. The Balaban J connectivity index is 3.09. The van der Waals surface area contributed by atoms with Gasteiger partial charge in [0, 0.05) is 0 Å². The van der Waals surface area contributed by atoms with E-state index >= 15 is 0 Å². The van der Waals surface area contributed by atoms with Crippen molar-refractivity contribution >= 4 is 13.7 Å². The minimum atomic E-state index is -1.45. The third-order valence-corrected chi connectivity index (χ3v) is 6.18. The van der Waals surface area contributed by atoms with Crippen LogP contribution in [0.2, 0.25) is 0 Å². The Labute approximate surface area is 152 Å². The summed E-state index contributed by atoms with van der Waals surface area (Å²) in [7, 11) is -1.45. The van der Waals surface area contributed by atoms with E-state index < -0.39 is 8.15 Å². The van der Waals surface area contributed by atoms with Gasteiger partial charge in [0.2, 0.25) is 0 Å². The molecule has 0 rings (SSSR count). The molecule has 1 unspecified atom stereocenters. The zero-order chi connectivity index (χ0) is 17.9. The second kappa shape index (κ2) is 19.3. The fourth-order valence-corrected chi connectivity index (χ4v) is 4.02. The van der Waals surface area contributed by atoms with Crippen LogP contribution in [0.5, 0.6) is 0 Å². The Morgan fingerprint density at radius 1 is 0.708 bits per heavy atom. The fraction of sp³-hybridized carbons (Fsp3) is 0.950. The molecule has 0 radical (unpaired) electrons. The molecular formula is C20H42NO2P. The standard InChI is InChI=1S/C20H42NO2P/c1-2-3-4-5-6-7-8-9-10-11-12-13-14-15-16-17-18-24(23)20(22)19-21/h23H,2-19,21H2,1H3. The first-order chi connectivity index (χ1) is 11.7. The van der Waals surface area contributed by atoms with Crippen LogP contribution >= 0.6 is 8.15 Å². The van der Waals surface area contributed by atoms with Crippen LogP contribution in [0.25, 0.3) is 0 Å². The Kier molecular flexibility index (Phi) is 19.4. The molecule has 0 saturated heterocycles. The van der Waals surface area contributed by atoms with E-state index in [2.05, 4.69) is 6.92 Å². The third kappa shape index (κ3) is 16.9. The molecule has 0 aliphatic carbocycles. The lowest BCUT2D eigenvalue weighted by molar-refractivity contribution is -0.110. The van der Waals surface area contributed by atoms with E-state index in [1.54, 1.807) is 0 Å². The Hall–Kier alpha value is 0.0200. The molecule has 24 heavy (non-hydrogen) atoms. The molecule has 0 fully saturated rings. The number of carbonyl (C=O) groups excluding carboxylic acids is 1. The van der Waals surface area contributed by atoms with Gasteiger partial charge in [-0.25, -0.2) is 0 Å². The van der Waals surface area contributed by atoms with E-state index in [1.807, 2.05) is 0 Å². The van der Waals surface area contributed by atoms with Crippen LogP contribution in [0.4, 0.5) is 0 Å². The Morgan fingerprint density at radius 2 is 1.04 bits per heavy atom. The van der Waals surface area contributed by atoms with E-state index in [9.17, 15) is 9.69 Å². The fourth-order valence-electron chi connectivity index (χ4n) is 3.04. The summed E-state index contributed by atoms with van der Waals surface area (Å²) in [4.78, 5) is 20.7. The molecule has 0 heterocycles. The minimum Gasteiger partial charge on any atom is -0.366 e. The monoisotopic (exact) mass is 359 g/mol. The summed E-state index contributed by atoms with van der Waals surface area (Å²) >= 11 is 0. The van der Waals surface area contributed by atoms with Crippen molar-refractivity contribution in [1.29, 1.82) is 0 Å². The van der Waals surface area contributed by atoms with Crippen molar-refractivity contribution in [3.63, 3.8) is 0 Å². The van der Waals surface area contributed by atoms with Crippen molar-refractivity contribution in [2.75, 3.05) is 12.7 Å².